The highest BCUT2D eigenvalue weighted by Gasteiger charge is 2.34. The quantitative estimate of drug-likeness (QED) is 0.0900. The molecule has 3 aromatic carbocycles. The van der Waals surface area contributed by atoms with Crippen molar-refractivity contribution in [3.05, 3.63) is 108 Å². The van der Waals surface area contributed by atoms with Gasteiger partial charge in [-0.05, 0) is 67.0 Å². The van der Waals surface area contributed by atoms with Crippen LogP contribution >= 0.6 is 0 Å². The number of fused-ring (bicyclic) bond motifs is 1. The molecule has 1 atom stereocenters. The van der Waals surface area contributed by atoms with Crippen molar-refractivity contribution >= 4 is 38.8 Å². The molecule has 0 aliphatic heterocycles. The van der Waals surface area contributed by atoms with Gasteiger partial charge in [0.2, 0.25) is 0 Å². The first-order valence-electron chi connectivity index (χ1n) is 17.5. The van der Waals surface area contributed by atoms with E-state index < -0.39 is 44.0 Å². The van der Waals surface area contributed by atoms with E-state index in [1.54, 1.807) is 18.5 Å². The molecule has 2 aromatic heterocycles. The van der Waals surface area contributed by atoms with Gasteiger partial charge < -0.3 is 24.2 Å². The first-order chi connectivity index (χ1) is 25.6. The van der Waals surface area contributed by atoms with Crippen molar-refractivity contribution in [3.63, 3.8) is 0 Å². The van der Waals surface area contributed by atoms with Crippen LogP contribution in [0.5, 0.6) is 11.5 Å². The zero-order valence-corrected chi connectivity index (χ0v) is 31.9. The number of imidazole rings is 1. The summed E-state index contributed by atoms with van der Waals surface area (Å²) >= 11 is 0. The van der Waals surface area contributed by atoms with E-state index in [2.05, 4.69) is 26.3 Å². The molecule has 54 heavy (non-hydrogen) atoms. The van der Waals surface area contributed by atoms with Crippen LogP contribution in [0.3, 0.4) is 0 Å². The number of nitrogens with one attached hydrogen (secondary N) is 2. The molecule has 1 unspecified atom stereocenters. The highest BCUT2D eigenvalue weighted by Crippen LogP contribution is 2.41. The van der Waals surface area contributed by atoms with Crippen LogP contribution < -0.4 is 4.74 Å². The third-order valence-corrected chi connectivity index (χ3v) is 11.6. The smallest absolute Gasteiger partial charge is 0.320 e. The Morgan fingerprint density at radius 1 is 0.963 bits per heavy atom. The Labute approximate surface area is 313 Å². The molecular formula is C41H45F2N3O7S. The zero-order chi connectivity index (χ0) is 39.3. The number of sulfone groups is 1. The van der Waals surface area contributed by atoms with Crippen molar-refractivity contribution in [1.82, 2.24) is 15.0 Å². The Morgan fingerprint density at radius 2 is 1.72 bits per heavy atom. The molecule has 0 amide bonds. The maximum absolute atomic E-state index is 15.5. The van der Waals surface area contributed by atoms with E-state index in [1.165, 1.54) is 37.5 Å². The lowest BCUT2D eigenvalue weighted by Gasteiger charge is -2.32. The molecule has 286 valence electrons. The summed E-state index contributed by atoms with van der Waals surface area (Å²) in [6, 6.07) is 15.0. The molecular weight excluding hydrogens is 717 g/mol. The van der Waals surface area contributed by atoms with E-state index in [0.29, 0.717) is 42.5 Å². The lowest BCUT2D eigenvalue weighted by molar-refractivity contribution is -0.140. The van der Waals surface area contributed by atoms with Crippen molar-refractivity contribution in [2.45, 2.75) is 58.3 Å². The predicted octanol–water partition coefficient (Wildman–Crippen LogP) is 8.47. The average molecular weight is 762 g/mol. The number of nitrogens with zero attached hydrogens (tertiary/aromatic N) is 1. The minimum absolute atomic E-state index is 0.0459. The van der Waals surface area contributed by atoms with Crippen molar-refractivity contribution in [1.29, 1.82) is 0 Å². The summed E-state index contributed by atoms with van der Waals surface area (Å²) in [7, 11) is -1.22. The fourth-order valence-electron chi connectivity index (χ4n) is 6.82. The van der Waals surface area contributed by atoms with E-state index in [1.807, 2.05) is 45.0 Å². The van der Waals surface area contributed by atoms with Crippen LogP contribution in [0.25, 0.3) is 28.4 Å². The number of hydrogen-bond donors (Lipinski definition) is 2. The Morgan fingerprint density at radius 3 is 2.44 bits per heavy atom. The zero-order valence-electron chi connectivity index (χ0n) is 31.1. The number of hydrogen-bond acceptors (Lipinski definition) is 8. The molecule has 10 nitrogen and oxygen atoms in total. The number of aromatic nitrogens is 3. The number of ether oxygens (including phenoxy) is 3. The van der Waals surface area contributed by atoms with E-state index in [4.69, 9.17) is 9.47 Å². The standard InChI is InChI=1S/C41H45F2N3O7S/c1-7-29-30-16-19-44-34(30)22-33(43)38(29)53-28-13-14-32(42)31(21-28)39-45-23-35(46-39)41(4,27-11-8-10-26(20-27)12-15-36(47)51-5)18-9-17-40(2,3)25-54(49,50)24-37(48)52-6/h7-8,10-11,13-14,16,19-23,44H,1,9,12,15,17-18,24-25H2,2-6H3,(H,45,46). The first kappa shape index (κ1) is 39.9. The van der Waals surface area contributed by atoms with Gasteiger partial charge in [0.05, 0.1) is 25.5 Å². The predicted molar refractivity (Wildman–Crippen MR) is 204 cm³/mol. The second-order valence-corrected chi connectivity index (χ2v) is 16.4. The highest BCUT2D eigenvalue weighted by atomic mass is 32.2. The lowest BCUT2D eigenvalue weighted by atomic mass is 9.74. The minimum atomic E-state index is -3.71. The average Bonchev–Trinajstić information content (AvgIpc) is 3.81. The highest BCUT2D eigenvalue weighted by molar-refractivity contribution is 7.92. The van der Waals surface area contributed by atoms with Gasteiger partial charge in [-0.3, -0.25) is 9.59 Å². The van der Waals surface area contributed by atoms with Gasteiger partial charge in [-0.25, -0.2) is 22.2 Å². The lowest BCUT2D eigenvalue weighted by Crippen LogP contribution is -2.30. The molecule has 0 aliphatic carbocycles. The van der Waals surface area contributed by atoms with Crippen molar-refractivity contribution in [2.75, 3.05) is 25.7 Å². The van der Waals surface area contributed by atoms with Crippen LogP contribution in [0.15, 0.2) is 73.6 Å². The molecule has 0 spiro atoms. The monoisotopic (exact) mass is 761 g/mol. The Kier molecular flexibility index (Phi) is 12.1. The van der Waals surface area contributed by atoms with Crippen molar-refractivity contribution < 1.29 is 41.0 Å². The number of H-pyrrole nitrogens is 2. The van der Waals surface area contributed by atoms with Crippen LogP contribution in [0.2, 0.25) is 0 Å². The summed E-state index contributed by atoms with van der Waals surface area (Å²) in [6.45, 7) is 9.54. The molecule has 0 radical (unpaired) electrons. The van der Waals surface area contributed by atoms with Crippen LogP contribution in [-0.4, -0.2) is 61.0 Å². The number of methoxy groups -OCH3 is 2. The second kappa shape index (κ2) is 16.4. The molecule has 13 heteroatoms. The van der Waals surface area contributed by atoms with Gasteiger partial charge in [-0.1, -0.05) is 57.2 Å². The maximum atomic E-state index is 15.5. The third kappa shape index (κ3) is 9.25. The molecule has 2 N–H and O–H groups in total. The molecule has 0 aliphatic rings. The molecule has 5 aromatic rings. The van der Waals surface area contributed by atoms with Gasteiger partial charge in [0, 0.05) is 52.5 Å². The van der Waals surface area contributed by atoms with Gasteiger partial charge in [0.15, 0.2) is 21.4 Å². The normalized spacial score (nSPS) is 13.0. The van der Waals surface area contributed by atoms with Gasteiger partial charge in [0.25, 0.3) is 0 Å². The summed E-state index contributed by atoms with van der Waals surface area (Å²) in [5.41, 5.74) is 2.24. The summed E-state index contributed by atoms with van der Waals surface area (Å²) < 4.78 is 71.6. The Bertz CT molecular complexity index is 2280. The van der Waals surface area contributed by atoms with Crippen LogP contribution in [0, 0.1) is 17.0 Å². The van der Waals surface area contributed by atoms with Crippen molar-refractivity contribution in [2.24, 2.45) is 5.41 Å². The topological polar surface area (TPSA) is 140 Å². The third-order valence-electron chi connectivity index (χ3n) is 9.71. The number of esters is 2. The molecule has 0 bridgehead atoms. The summed E-state index contributed by atoms with van der Waals surface area (Å²) in [6.07, 6.45) is 7.13. The van der Waals surface area contributed by atoms with E-state index in [-0.39, 0.29) is 41.0 Å². The van der Waals surface area contributed by atoms with Gasteiger partial charge in [-0.15, -0.1) is 0 Å². The number of carbonyl (C=O) groups is 2. The van der Waals surface area contributed by atoms with E-state index in [9.17, 15) is 18.0 Å². The molecule has 2 heterocycles. The number of halogens is 2. The van der Waals surface area contributed by atoms with Crippen LogP contribution in [0.4, 0.5) is 8.78 Å². The van der Waals surface area contributed by atoms with Crippen molar-refractivity contribution in [3.8, 4) is 22.9 Å². The maximum Gasteiger partial charge on any atom is 0.320 e. The number of aromatic amines is 2. The number of benzene rings is 3. The minimum Gasteiger partial charge on any atom is -0.469 e. The Balaban J connectivity index is 1.46. The van der Waals surface area contributed by atoms with Gasteiger partial charge in [-0.2, -0.15) is 0 Å². The second-order valence-electron chi connectivity index (χ2n) is 14.4. The molecule has 0 saturated heterocycles. The van der Waals surface area contributed by atoms with Crippen LogP contribution in [0.1, 0.15) is 68.8 Å². The summed E-state index contributed by atoms with van der Waals surface area (Å²) in [4.78, 5) is 34.5. The number of rotatable bonds is 17. The number of carbonyl (C=O) groups excluding carboxylic acids is 2. The fourth-order valence-corrected chi connectivity index (χ4v) is 8.74. The Hall–Kier alpha value is -5.30. The largest absolute Gasteiger partial charge is 0.469 e. The molecule has 5 rings (SSSR count). The fraction of sp³-hybridized carbons (Fsp3) is 0.341. The SMILES string of the molecule is C=Cc1c(Oc2ccc(F)c(-c3ncc(C(C)(CCCC(C)(C)CS(=O)(=O)CC(=O)OC)c4cccc(CCC(=O)OC)c4)[nH]3)c2)c(F)cc2[nH]ccc12. The summed E-state index contributed by atoms with van der Waals surface area (Å²) in [5, 5.41) is 0.722. The van der Waals surface area contributed by atoms with Crippen LogP contribution in [-0.2, 0) is 40.7 Å². The molecule has 0 fully saturated rings. The molecule has 0 saturated carbocycles. The van der Waals surface area contributed by atoms with Gasteiger partial charge >= 0.3 is 11.9 Å². The first-order valence-corrected chi connectivity index (χ1v) is 19.3. The van der Waals surface area contributed by atoms with E-state index >= 15 is 8.78 Å². The number of aryl methyl sites for hydroxylation is 1. The van der Waals surface area contributed by atoms with Gasteiger partial charge in [0.1, 0.15) is 23.1 Å². The summed E-state index contributed by atoms with van der Waals surface area (Å²) in [5.74, 6) is -2.83. The van der Waals surface area contributed by atoms with E-state index in [0.717, 1.165) is 23.6 Å².